The van der Waals surface area contributed by atoms with Gasteiger partial charge in [0, 0.05) is 25.9 Å². The molecule has 0 amide bonds. The molecule has 19 heavy (non-hydrogen) atoms. The minimum Gasteiger partial charge on any atom is -0.478 e. The number of anilines is 1. The van der Waals surface area contributed by atoms with Crippen LogP contribution in [0.3, 0.4) is 0 Å². The number of carboxylic acid groups (broad SMARTS) is 1. The first-order chi connectivity index (χ1) is 8.97. The van der Waals surface area contributed by atoms with Crippen LogP contribution in [-0.4, -0.2) is 29.7 Å². The Labute approximate surface area is 113 Å². The van der Waals surface area contributed by atoms with E-state index in [0.717, 1.165) is 41.4 Å². The number of carboxylic acids is 1. The van der Waals surface area contributed by atoms with Crippen LogP contribution in [0.1, 0.15) is 24.5 Å². The van der Waals surface area contributed by atoms with E-state index in [2.05, 4.69) is 23.9 Å². The molecule has 0 radical (unpaired) electrons. The number of rotatable bonds is 5. The molecule has 1 heterocycles. The Balaban J connectivity index is 2.07. The van der Waals surface area contributed by atoms with E-state index in [4.69, 9.17) is 5.11 Å². The Morgan fingerprint density at radius 3 is 2.84 bits per heavy atom. The first-order valence-electron chi connectivity index (χ1n) is 6.56. The molecule has 0 spiro atoms. The first kappa shape index (κ1) is 13.6. The second kappa shape index (κ2) is 5.43. The molecule has 1 aromatic rings. The number of aliphatic carboxylic acids is 1. The summed E-state index contributed by atoms with van der Waals surface area (Å²) in [6, 6.07) is 1.97. The fraction of sp³-hybridized carbons (Fsp3) is 0.467. The van der Waals surface area contributed by atoms with Gasteiger partial charge in [0.1, 0.15) is 5.82 Å². The van der Waals surface area contributed by atoms with Crippen LogP contribution in [0.15, 0.2) is 18.3 Å². The van der Waals surface area contributed by atoms with Crippen molar-refractivity contribution in [1.29, 1.82) is 0 Å². The number of nitrogens with zero attached hydrogens (tertiary/aromatic N) is 2. The van der Waals surface area contributed by atoms with E-state index in [9.17, 15) is 4.79 Å². The highest BCUT2D eigenvalue weighted by Gasteiger charge is 2.33. The standard InChI is InChI=1S/C15H20N2O2/c1-10-7-13(10)9-17(3)15-11(2)6-12(8-16-15)4-5-14(18)19/h4-6,8,10,13H,7,9H2,1-3H3,(H,18,19)/b5-4+. The van der Waals surface area contributed by atoms with Gasteiger partial charge in [0.2, 0.25) is 0 Å². The molecule has 2 unspecified atom stereocenters. The van der Waals surface area contributed by atoms with Crippen LogP contribution < -0.4 is 4.90 Å². The lowest BCUT2D eigenvalue weighted by molar-refractivity contribution is -0.131. The average molecular weight is 260 g/mol. The summed E-state index contributed by atoms with van der Waals surface area (Å²) in [5.41, 5.74) is 1.89. The zero-order valence-corrected chi connectivity index (χ0v) is 11.6. The normalized spacial score (nSPS) is 21.6. The molecule has 102 valence electrons. The fourth-order valence-corrected chi connectivity index (χ4v) is 2.34. The third-order valence-corrected chi connectivity index (χ3v) is 3.64. The molecular weight excluding hydrogens is 240 g/mol. The predicted molar refractivity (Wildman–Crippen MR) is 76.2 cm³/mol. The number of aryl methyl sites for hydroxylation is 1. The lowest BCUT2D eigenvalue weighted by atomic mass is 10.2. The molecule has 1 aliphatic rings. The van der Waals surface area contributed by atoms with Crippen molar-refractivity contribution in [2.45, 2.75) is 20.3 Å². The van der Waals surface area contributed by atoms with Gasteiger partial charge in [-0.1, -0.05) is 6.92 Å². The maximum absolute atomic E-state index is 10.5. The van der Waals surface area contributed by atoms with Gasteiger partial charge in [-0.2, -0.15) is 0 Å². The Hall–Kier alpha value is -1.84. The Bertz CT molecular complexity index is 511. The van der Waals surface area contributed by atoms with Gasteiger partial charge in [0.15, 0.2) is 0 Å². The van der Waals surface area contributed by atoms with Crippen LogP contribution in [0, 0.1) is 18.8 Å². The number of pyridine rings is 1. The molecule has 1 N–H and O–H groups in total. The third kappa shape index (κ3) is 3.56. The smallest absolute Gasteiger partial charge is 0.328 e. The number of carbonyl (C=O) groups is 1. The van der Waals surface area contributed by atoms with Crippen LogP contribution in [0.4, 0.5) is 5.82 Å². The molecule has 0 aromatic carbocycles. The monoisotopic (exact) mass is 260 g/mol. The quantitative estimate of drug-likeness (QED) is 0.827. The molecule has 1 fully saturated rings. The largest absolute Gasteiger partial charge is 0.478 e. The summed E-state index contributed by atoms with van der Waals surface area (Å²) in [6.07, 6.45) is 5.72. The van der Waals surface area contributed by atoms with E-state index in [1.807, 2.05) is 13.0 Å². The zero-order valence-electron chi connectivity index (χ0n) is 11.6. The Morgan fingerprint density at radius 1 is 1.63 bits per heavy atom. The van der Waals surface area contributed by atoms with Crippen molar-refractivity contribution in [2.75, 3.05) is 18.5 Å². The van der Waals surface area contributed by atoms with E-state index in [0.29, 0.717) is 0 Å². The van der Waals surface area contributed by atoms with Crippen LogP contribution in [0.25, 0.3) is 6.08 Å². The molecule has 1 saturated carbocycles. The van der Waals surface area contributed by atoms with Gasteiger partial charge in [-0.15, -0.1) is 0 Å². The van der Waals surface area contributed by atoms with Gasteiger partial charge in [-0.25, -0.2) is 9.78 Å². The number of hydrogen-bond acceptors (Lipinski definition) is 3. The molecule has 1 aliphatic carbocycles. The molecule has 0 aliphatic heterocycles. The molecule has 2 atom stereocenters. The zero-order chi connectivity index (χ0) is 14.0. The van der Waals surface area contributed by atoms with Crippen LogP contribution in [0.5, 0.6) is 0 Å². The number of aromatic nitrogens is 1. The third-order valence-electron chi connectivity index (χ3n) is 3.64. The van der Waals surface area contributed by atoms with Crippen molar-refractivity contribution in [2.24, 2.45) is 11.8 Å². The summed E-state index contributed by atoms with van der Waals surface area (Å²) >= 11 is 0. The lowest BCUT2D eigenvalue weighted by Crippen LogP contribution is -2.22. The second-order valence-electron chi connectivity index (χ2n) is 5.43. The summed E-state index contributed by atoms with van der Waals surface area (Å²) in [7, 11) is 2.06. The summed E-state index contributed by atoms with van der Waals surface area (Å²) < 4.78 is 0. The lowest BCUT2D eigenvalue weighted by Gasteiger charge is -2.20. The van der Waals surface area contributed by atoms with E-state index >= 15 is 0 Å². The van der Waals surface area contributed by atoms with E-state index in [1.54, 1.807) is 12.3 Å². The number of hydrogen-bond donors (Lipinski definition) is 1. The Morgan fingerprint density at radius 2 is 2.32 bits per heavy atom. The molecule has 4 heteroatoms. The van der Waals surface area contributed by atoms with Gasteiger partial charge < -0.3 is 10.0 Å². The summed E-state index contributed by atoms with van der Waals surface area (Å²) in [6.45, 7) is 5.32. The van der Waals surface area contributed by atoms with Crippen molar-refractivity contribution in [3.63, 3.8) is 0 Å². The van der Waals surface area contributed by atoms with Crippen molar-refractivity contribution < 1.29 is 9.90 Å². The topological polar surface area (TPSA) is 53.4 Å². The van der Waals surface area contributed by atoms with Crippen LogP contribution >= 0.6 is 0 Å². The SMILES string of the molecule is Cc1cc(/C=C/C(=O)O)cnc1N(C)CC1CC1C. The van der Waals surface area contributed by atoms with Gasteiger partial charge in [-0.05, 0) is 48.4 Å². The summed E-state index contributed by atoms with van der Waals surface area (Å²) in [5, 5.41) is 8.60. The van der Waals surface area contributed by atoms with E-state index < -0.39 is 5.97 Å². The van der Waals surface area contributed by atoms with Gasteiger partial charge >= 0.3 is 5.97 Å². The van der Waals surface area contributed by atoms with Crippen molar-refractivity contribution >= 4 is 17.9 Å². The summed E-state index contributed by atoms with van der Waals surface area (Å²) in [4.78, 5) is 17.1. The highest BCUT2D eigenvalue weighted by atomic mass is 16.4. The van der Waals surface area contributed by atoms with Crippen LogP contribution in [0.2, 0.25) is 0 Å². The highest BCUT2D eigenvalue weighted by Crippen LogP contribution is 2.38. The average Bonchev–Trinajstić information content (AvgIpc) is 3.02. The molecule has 0 saturated heterocycles. The molecular formula is C15H20N2O2. The summed E-state index contributed by atoms with van der Waals surface area (Å²) in [5.74, 6) is 1.66. The van der Waals surface area contributed by atoms with Crippen LogP contribution in [-0.2, 0) is 4.79 Å². The Kier molecular flexibility index (Phi) is 3.88. The minimum atomic E-state index is -0.943. The van der Waals surface area contributed by atoms with E-state index in [-0.39, 0.29) is 0 Å². The highest BCUT2D eigenvalue weighted by molar-refractivity contribution is 5.85. The van der Waals surface area contributed by atoms with Crippen molar-refractivity contribution in [1.82, 2.24) is 4.98 Å². The maximum Gasteiger partial charge on any atom is 0.328 e. The predicted octanol–water partition coefficient (Wildman–Crippen LogP) is 2.58. The second-order valence-corrected chi connectivity index (χ2v) is 5.43. The van der Waals surface area contributed by atoms with Gasteiger partial charge in [0.25, 0.3) is 0 Å². The molecule has 2 rings (SSSR count). The molecule has 4 nitrogen and oxygen atoms in total. The minimum absolute atomic E-state index is 0.790. The fourth-order valence-electron chi connectivity index (χ4n) is 2.34. The molecule has 0 bridgehead atoms. The van der Waals surface area contributed by atoms with Crippen molar-refractivity contribution in [3.05, 3.63) is 29.5 Å². The van der Waals surface area contributed by atoms with Gasteiger partial charge in [-0.3, -0.25) is 0 Å². The maximum atomic E-state index is 10.5. The molecule has 1 aromatic heterocycles. The van der Waals surface area contributed by atoms with E-state index in [1.165, 1.54) is 6.42 Å². The van der Waals surface area contributed by atoms with Crippen molar-refractivity contribution in [3.8, 4) is 0 Å². The first-order valence-corrected chi connectivity index (χ1v) is 6.56. The van der Waals surface area contributed by atoms with Gasteiger partial charge in [0.05, 0.1) is 0 Å².